The molecular weight excluding hydrogens is 178 g/mol. The maximum atomic E-state index is 11.0. The number of anilines is 1. The lowest BCUT2D eigenvalue weighted by Gasteiger charge is -2.19. The first-order chi connectivity index (χ1) is 6.59. The highest BCUT2D eigenvalue weighted by Crippen LogP contribution is 2.09. The van der Waals surface area contributed by atoms with Crippen LogP contribution in [-0.4, -0.2) is 23.8 Å². The van der Waals surface area contributed by atoms with Crippen LogP contribution in [-0.2, 0) is 0 Å². The van der Waals surface area contributed by atoms with Gasteiger partial charge in [0, 0.05) is 19.7 Å². The zero-order valence-corrected chi connectivity index (χ0v) is 8.95. The lowest BCUT2D eigenvalue weighted by molar-refractivity contribution is 0.585. The Morgan fingerprint density at radius 3 is 2.86 bits per heavy atom. The van der Waals surface area contributed by atoms with Gasteiger partial charge in [0.1, 0.15) is 0 Å². The van der Waals surface area contributed by atoms with E-state index in [-0.39, 0.29) is 5.56 Å². The molecule has 1 aromatic rings. The summed E-state index contributed by atoms with van der Waals surface area (Å²) in [4.78, 5) is 13.0. The van der Waals surface area contributed by atoms with Crippen molar-refractivity contribution in [3.8, 4) is 0 Å². The fourth-order valence-electron chi connectivity index (χ4n) is 1.16. The second-order valence-electron chi connectivity index (χ2n) is 3.91. The number of hydrogen-bond acceptors (Lipinski definition) is 3. The highest BCUT2D eigenvalue weighted by Gasteiger charge is 2.02. The molecule has 0 aliphatic carbocycles. The van der Waals surface area contributed by atoms with Gasteiger partial charge < -0.3 is 4.90 Å². The van der Waals surface area contributed by atoms with Gasteiger partial charge in [-0.2, -0.15) is 5.10 Å². The molecule has 4 nitrogen and oxygen atoms in total. The van der Waals surface area contributed by atoms with Crippen LogP contribution in [0.2, 0.25) is 0 Å². The molecular formula is C10H17N3O. The number of rotatable bonds is 4. The van der Waals surface area contributed by atoms with Crippen molar-refractivity contribution in [2.75, 3.05) is 18.5 Å². The Bertz CT molecular complexity index is 332. The molecule has 1 N–H and O–H groups in total. The Morgan fingerprint density at radius 2 is 2.29 bits per heavy atom. The van der Waals surface area contributed by atoms with Gasteiger partial charge in [0.25, 0.3) is 5.56 Å². The lowest BCUT2D eigenvalue weighted by Crippen LogP contribution is -2.22. The number of aromatic nitrogens is 2. The molecule has 0 saturated heterocycles. The Hall–Kier alpha value is -1.32. The van der Waals surface area contributed by atoms with Gasteiger partial charge in [0.15, 0.2) is 0 Å². The second kappa shape index (κ2) is 4.79. The Labute approximate surface area is 84.0 Å². The first-order valence-corrected chi connectivity index (χ1v) is 4.85. The number of nitrogens with one attached hydrogen (secondary N) is 1. The molecule has 4 heteroatoms. The summed E-state index contributed by atoms with van der Waals surface area (Å²) in [5.74, 6) is 0.674. The molecule has 1 heterocycles. The van der Waals surface area contributed by atoms with E-state index in [1.807, 2.05) is 11.9 Å². The molecule has 1 rings (SSSR count). The van der Waals surface area contributed by atoms with E-state index in [1.54, 1.807) is 12.3 Å². The standard InChI is InChI=1S/C10H17N3O/c1-8(2)4-5-13(3)9-6-10(14)12-11-7-9/h6-8H,4-5H2,1-3H3,(H,12,14). The van der Waals surface area contributed by atoms with Crippen LogP contribution in [0.4, 0.5) is 5.69 Å². The van der Waals surface area contributed by atoms with Crippen LogP contribution >= 0.6 is 0 Å². The average Bonchev–Trinajstić information content (AvgIpc) is 2.14. The third-order valence-corrected chi connectivity index (χ3v) is 2.13. The van der Waals surface area contributed by atoms with Crippen molar-refractivity contribution in [2.45, 2.75) is 20.3 Å². The van der Waals surface area contributed by atoms with Gasteiger partial charge in [0.2, 0.25) is 0 Å². The molecule has 0 unspecified atom stereocenters. The number of nitrogens with zero attached hydrogens (tertiary/aromatic N) is 2. The van der Waals surface area contributed by atoms with Crippen molar-refractivity contribution in [1.82, 2.24) is 10.2 Å². The SMILES string of the molecule is CC(C)CCN(C)c1cn[nH]c(=O)c1. The van der Waals surface area contributed by atoms with Gasteiger partial charge in [-0.05, 0) is 12.3 Å². The van der Waals surface area contributed by atoms with Crippen LogP contribution in [0.25, 0.3) is 0 Å². The zero-order valence-electron chi connectivity index (χ0n) is 8.95. The summed E-state index contributed by atoms with van der Waals surface area (Å²) in [6.07, 6.45) is 2.78. The summed E-state index contributed by atoms with van der Waals surface area (Å²) in [6.45, 7) is 5.32. The van der Waals surface area contributed by atoms with Crippen molar-refractivity contribution < 1.29 is 0 Å². The van der Waals surface area contributed by atoms with Gasteiger partial charge in [-0.1, -0.05) is 13.8 Å². The minimum absolute atomic E-state index is 0.154. The van der Waals surface area contributed by atoms with E-state index in [1.165, 1.54) is 0 Å². The molecule has 0 spiro atoms. The molecule has 0 radical (unpaired) electrons. The van der Waals surface area contributed by atoms with Crippen molar-refractivity contribution in [3.63, 3.8) is 0 Å². The molecule has 14 heavy (non-hydrogen) atoms. The molecule has 0 amide bonds. The molecule has 0 saturated carbocycles. The van der Waals surface area contributed by atoms with E-state index in [9.17, 15) is 4.79 Å². The van der Waals surface area contributed by atoms with Crippen molar-refractivity contribution in [3.05, 3.63) is 22.6 Å². The fraction of sp³-hybridized carbons (Fsp3) is 0.600. The summed E-state index contributed by atoms with van der Waals surface area (Å²) in [5, 5.41) is 6.11. The fourth-order valence-corrected chi connectivity index (χ4v) is 1.16. The molecule has 1 aromatic heterocycles. The van der Waals surface area contributed by atoms with Crippen molar-refractivity contribution >= 4 is 5.69 Å². The van der Waals surface area contributed by atoms with Gasteiger partial charge in [-0.25, -0.2) is 5.10 Å². The van der Waals surface area contributed by atoms with Gasteiger partial charge in [0.05, 0.1) is 11.9 Å². The lowest BCUT2D eigenvalue weighted by atomic mass is 10.1. The zero-order chi connectivity index (χ0) is 10.6. The highest BCUT2D eigenvalue weighted by atomic mass is 16.1. The largest absolute Gasteiger partial charge is 0.373 e. The molecule has 0 aromatic carbocycles. The monoisotopic (exact) mass is 195 g/mol. The van der Waals surface area contributed by atoms with E-state index < -0.39 is 0 Å². The Balaban J connectivity index is 2.60. The summed E-state index contributed by atoms with van der Waals surface area (Å²) >= 11 is 0. The van der Waals surface area contributed by atoms with Crippen LogP contribution in [0.5, 0.6) is 0 Å². The normalized spacial score (nSPS) is 10.6. The third-order valence-electron chi connectivity index (χ3n) is 2.13. The van der Waals surface area contributed by atoms with E-state index in [0.29, 0.717) is 5.92 Å². The van der Waals surface area contributed by atoms with Gasteiger partial charge in [-0.3, -0.25) is 4.79 Å². The van der Waals surface area contributed by atoms with Crippen LogP contribution in [0, 0.1) is 5.92 Å². The summed E-state index contributed by atoms with van der Waals surface area (Å²) < 4.78 is 0. The second-order valence-corrected chi connectivity index (χ2v) is 3.91. The maximum Gasteiger partial charge on any atom is 0.266 e. The Kier molecular flexibility index (Phi) is 3.68. The molecule has 0 atom stereocenters. The smallest absolute Gasteiger partial charge is 0.266 e. The van der Waals surface area contributed by atoms with Crippen LogP contribution < -0.4 is 10.5 Å². The predicted octanol–water partition coefficient (Wildman–Crippen LogP) is 1.25. The number of hydrogen-bond donors (Lipinski definition) is 1. The maximum absolute atomic E-state index is 11.0. The summed E-state index contributed by atoms with van der Waals surface area (Å²) in [5.41, 5.74) is 0.716. The van der Waals surface area contributed by atoms with E-state index in [4.69, 9.17) is 0 Å². The van der Waals surface area contributed by atoms with E-state index in [0.717, 1.165) is 18.7 Å². The quantitative estimate of drug-likeness (QED) is 0.786. The van der Waals surface area contributed by atoms with E-state index in [2.05, 4.69) is 24.0 Å². The predicted molar refractivity (Wildman–Crippen MR) is 57.6 cm³/mol. The molecule has 78 valence electrons. The third kappa shape index (κ3) is 3.20. The van der Waals surface area contributed by atoms with Gasteiger partial charge >= 0.3 is 0 Å². The Morgan fingerprint density at radius 1 is 1.57 bits per heavy atom. The van der Waals surface area contributed by atoms with Crippen LogP contribution in [0.3, 0.4) is 0 Å². The van der Waals surface area contributed by atoms with Crippen LogP contribution in [0.15, 0.2) is 17.1 Å². The van der Waals surface area contributed by atoms with Crippen molar-refractivity contribution in [1.29, 1.82) is 0 Å². The van der Waals surface area contributed by atoms with Gasteiger partial charge in [-0.15, -0.1) is 0 Å². The van der Waals surface area contributed by atoms with E-state index >= 15 is 0 Å². The average molecular weight is 195 g/mol. The topological polar surface area (TPSA) is 49.0 Å². The number of aromatic amines is 1. The van der Waals surface area contributed by atoms with Crippen LogP contribution in [0.1, 0.15) is 20.3 Å². The molecule has 0 aliphatic heterocycles. The molecule has 0 aliphatic rings. The summed E-state index contributed by atoms with van der Waals surface area (Å²) in [6, 6.07) is 1.56. The number of H-pyrrole nitrogens is 1. The first kappa shape index (κ1) is 10.8. The minimum atomic E-state index is -0.154. The molecule has 0 bridgehead atoms. The molecule has 0 fully saturated rings. The highest BCUT2D eigenvalue weighted by molar-refractivity contribution is 5.41. The first-order valence-electron chi connectivity index (χ1n) is 4.85. The minimum Gasteiger partial charge on any atom is -0.373 e. The van der Waals surface area contributed by atoms with Crippen molar-refractivity contribution in [2.24, 2.45) is 5.92 Å². The summed E-state index contributed by atoms with van der Waals surface area (Å²) in [7, 11) is 1.97.